The highest BCUT2D eigenvalue weighted by atomic mass is 15.1. The van der Waals surface area contributed by atoms with Gasteiger partial charge in [0.2, 0.25) is 0 Å². The zero-order chi connectivity index (χ0) is 18.5. The SMILES string of the molecule is C=C(C)CC12CCC(C)C(C)C13CC1(CNC12)Cc1ccc(C)c(C)c13. The Balaban J connectivity index is 1.86. The second-order valence-corrected chi connectivity index (χ2v) is 10.6. The van der Waals surface area contributed by atoms with Gasteiger partial charge in [-0.05, 0) is 92.4 Å². The molecule has 1 heterocycles. The van der Waals surface area contributed by atoms with Crippen molar-refractivity contribution in [3.05, 3.63) is 46.5 Å². The monoisotopic (exact) mass is 349 g/mol. The Kier molecular flexibility index (Phi) is 3.31. The highest BCUT2D eigenvalue weighted by molar-refractivity contribution is 5.55. The minimum atomic E-state index is 0.335. The first-order chi connectivity index (χ1) is 12.3. The van der Waals surface area contributed by atoms with E-state index in [1.807, 2.05) is 0 Å². The molecule has 5 rings (SSSR count). The van der Waals surface area contributed by atoms with E-state index in [0.29, 0.717) is 22.3 Å². The Morgan fingerprint density at radius 1 is 1.27 bits per heavy atom. The summed E-state index contributed by atoms with van der Waals surface area (Å²) in [6, 6.07) is 5.55. The molecule has 3 fully saturated rings. The fourth-order valence-electron chi connectivity index (χ4n) is 8.33. The summed E-state index contributed by atoms with van der Waals surface area (Å²) >= 11 is 0. The van der Waals surface area contributed by atoms with E-state index in [0.717, 1.165) is 11.8 Å². The lowest BCUT2D eigenvalue weighted by Crippen LogP contribution is -2.66. The summed E-state index contributed by atoms with van der Waals surface area (Å²) < 4.78 is 0. The lowest BCUT2D eigenvalue weighted by atomic mass is 9.45. The number of nitrogens with one attached hydrogen (secondary N) is 1. The summed E-state index contributed by atoms with van der Waals surface area (Å²) in [6.07, 6.45) is 6.66. The van der Waals surface area contributed by atoms with E-state index in [1.54, 1.807) is 16.7 Å². The van der Waals surface area contributed by atoms with Crippen molar-refractivity contribution >= 4 is 0 Å². The summed E-state index contributed by atoms with van der Waals surface area (Å²) in [6.45, 7) is 17.7. The van der Waals surface area contributed by atoms with Crippen LogP contribution in [0.15, 0.2) is 24.3 Å². The average molecular weight is 350 g/mol. The number of hydrogen-bond acceptors (Lipinski definition) is 1. The van der Waals surface area contributed by atoms with E-state index in [2.05, 4.69) is 58.6 Å². The zero-order valence-corrected chi connectivity index (χ0v) is 17.3. The number of benzene rings is 1. The second-order valence-electron chi connectivity index (χ2n) is 10.6. The van der Waals surface area contributed by atoms with Crippen molar-refractivity contribution in [2.24, 2.45) is 22.7 Å². The van der Waals surface area contributed by atoms with Crippen molar-refractivity contribution < 1.29 is 0 Å². The van der Waals surface area contributed by atoms with Crippen LogP contribution in [0, 0.1) is 36.5 Å². The molecule has 2 spiro atoms. The third-order valence-corrected chi connectivity index (χ3v) is 9.45. The van der Waals surface area contributed by atoms with Crippen molar-refractivity contribution in [3.8, 4) is 0 Å². The minimum absolute atomic E-state index is 0.335. The van der Waals surface area contributed by atoms with Crippen LogP contribution in [-0.4, -0.2) is 12.6 Å². The summed E-state index contributed by atoms with van der Waals surface area (Å²) in [7, 11) is 0. The summed E-state index contributed by atoms with van der Waals surface area (Å²) in [5.74, 6) is 1.56. The molecule has 1 aliphatic heterocycles. The van der Waals surface area contributed by atoms with Gasteiger partial charge >= 0.3 is 0 Å². The lowest BCUT2D eigenvalue weighted by Gasteiger charge is -2.59. The van der Waals surface area contributed by atoms with Gasteiger partial charge in [-0.15, -0.1) is 6.58 Å². The molecule has 26 heavy (non-hydrogen) atoms. The fraction of sp³-hybridized carbons (Fsp3) is 0.680. The molecule has 0 amide bonds. The fourth-order valence-corrected chi connectivity index (χ4v) is 8.33. The van der Waals surface area contributed by atoms with E-state index < -0.39 is 0 Å². The molecule has 140 valence electrons. The molecule has 1 aromatic carbocycles. The minimum Gasteiger partial charge on any atom is -0.312 e. The van der Waals surface area contributed by atoms with E-state index in [4.69, 9.17) is 0 Å². The van der Waals surface area contributed by atoms with Gasteiger partial charge in [0.1, 0.15) is 0 Å². The molecule has 1 saturated heterocycles. The van der Waals surface area contributed by atoms with Gasteiger partial charge in [-0.25, -0.2) is 0 Å². The predicted octanol–water partition coefficient (Wildman–Crippen LogP) is 5.48. The summed E-state index contributed by atoms with van der Waals surface area (Å²) in [4.78, 5) is 0. The van der Waals surface area contributed by atoms with Crippen molar-refractivity contribution in [2.75, 3.05) is 6.54 Å². The highest BCUT2D eigenvalue weighted by Crippen LogP contribution is 2.76. The zero-order valence-electron chi connectivity index (χ0n) is 17.3. The quantitative estimate of drug-likeness (QED) is 0.697. The predicted molar refractivity (Wildman–Crippen MR) is 110 cm³/mol. The topological polar surface area (TPSA) is 12.0 Å². The van der Waals surface area contributed by atoms with Crippen LogP contribution in [-0.2, 0) is 11.8 Å². The van der Waals surface area contributed by atoms with Gasteiger partial charge < -0.3 is 5.32 Å². The maximum Gasteiger partial charge on any atom is 0.0208 e. The number of fused-ring (bicyclic) bond motifs is 2. The lowest BCUT2D eigenvalue weighted by molar-refractivity contribution is -0.0222. The molecule has 1 aromatic rings. The summed E-state index contributed by atoms with van der Waals surface area (Å²) in [5.41, 5.74) is 9.10. The van der Waals surface area contributed by atoms with Crippen LogP contribution in [0.1, 0.15) is 68.7 Å². The molecule has 1 heteroatoms. The molecule has 4 aliphatic rings. The molecular formula is C25H35N. The molecule has 2 bridgehead atoms. The van der Waals surface area contributed by atoms with Crippen molar-refractivity contribution in [3.63, 3.8) is 0 Å². The largest absolute Gasteiger partial charge is 0.312 e. The van der Waals surface area contributed by atoms with Crippen LogP contribution in [0.4, 0.5) is 0 Å². The molecule has 6 unspecified atom stereocenters. The number of aryl methyl sites for hydroxylation is 1. The molecular weight excluding hydrogens is 314 g/mol. The molecule has 1 N–H and O–H groups in total. The third kappa shape index (κ3) is 1.68. The van der Waals surface area contributed by atoms with Gasteiger partial charge in [-0.3, -0.25) is 0 Å². The van der Waals surface area contributed by atoms with Crippen molar-refractivity contribution in [1.29, 1.82) is 0 Å². The van der Waals surface area contributed by atoms with Gasteiger partial charge in [0.25, 0.3) is 0 Å². The molecule has 0 aromatic heterocycles. The van der Waals surface area contributed by atoms with Crippen molar-refractivity contribution in [2.45, 2.75) is 78.2 Å². The van der Waals surface area contributed by atoms with E-state index >= 15 is 0 Å². The average Bonchev–Trinajstić information content (AvgIpc) is 2.69. The smallest absolute Gasteiger partial charge is 0.0208 e. The third-order valence-electron chi connectivity index (χ3n) is 9.45. The highest BCUT2D eigenvalue weighted by Gasteiger charge is 2.77. The summed E-state index contributed by atoms with van der Waals surface area (Å²) in [5, 5.41) is 3.97. The maximum atomic E-state index is 4.41. The molecule has 1 nitrogen and oxygen atoms in total. The van der Waals surface area contributed by atoms with E-state index in [-0.39, 0.29) is 0 Å². The standard InChI is InChI=1S/C25H35N/c1-15(2)11-24-10-9-17(4)19(6)25(24)13-23(14-26-22(23)24)12-20-8-7-16(3)18(5)21(20)25/h7-8,17,19,22,26H,1,9-14H2,2-6H3. The van der Waals surface area contributed by atoms with Crippen LogP contribution in [0.25, 0.3) is 0 Å². The molecule has 6 atom stereocenters. The Morgan fingerprint density at radius 2 is 2.04 bits per heavy atom. The molecule has 3 aliphatic carbocycles. The van der Waals surface area contributed by atoms with Gasteiger partial charge in [0, 0.05) is 23.4 Å². The number of allylic oxidation sites excluding steroid dienone is 1. The van der Waals surface area contributed by atoms with Crippen LogP contribution < -0.4 is 5.32 Å². The van der Waals surface area contributed by atoms with Gasteiger partial charge in [0.05, 0.1) is 0 Å². The number of hydrogen-bond donors (Lipinski definition) is 1. The maximum absolute atomic E-state index is 4.41. The van der Waals surface area contributed by atoms with Crippen LogP contribution in [0.5, 0.6) is 0 Å². The Hall–Kier alpha value is -1.08. The van der Waals surface area contributed by atoms with Crippen molar-refractivity contribution in [1.82, 2.24) is 5.32 Å². The Morgan fingerprint density at radius 3 is 2.69 bits per heavy atom. The van der Waals surface area contributed by atoms with Crippen LogP contribution >= 0.6 is 0 Å². The van der Waals surface area contributed by atoms with Crippen LogP contribution in [0.3, 0.4) is 0 Å². The first kappa shape index (κ1) is 17.0. The van der Waals surface area contributed by atoms with Gasteiger partial charge in [-0.1, -0.05) is 31.6 Å². The Labute approximate surface area is 159 Å². The normalized spacial score (nSPS) is 45.3. The molecule has 0 radical (unpaired) electrons. The van der Waals surface area contributed by atoms with Crippen LogP contribution in [0.2, 0.25) is 0 Å². The van der Waals surface area contributed by atoms with Gasteiger partial charge in [0.15, 0.2) is 0 Å². The van der Waals surface area contributed by atoms with E-state index in [1.165, 1.54) is 49.8 Å². The molecule has 2 saturated carbocycles. The van der Waals surface area contributed by atoms with Gasteiger partial charge in [-0.2, -0.15) is 0 Å². The van der Waals surface area contributed by atoms with E-state index in [9.17, 15) is 0 Å². The first-order valence-electron chi connectivity index (χ1n) is 10.7. The number of rotatable bonds is 2. The Bertz CT molecular complexity index is 807. The first-order valence-corrected chi connectivity index (χ1v) is 10.7. The second kappa shape index (κ2) is 5.04.